The van der Waals surface area contributed by atoms with Gasteiger partial charge in [-0.05, 0) is 56.5 Å². The Balaban J connectivity index is 1.33. The summed E-state index contributed by atoms with van der Waals surface area (Å²) in [5, 5.41) is 22.5. The van der Waals surface area contributed by atoms with Crippen molar-refractivity contribution in [2.24, 2.45) is 0 Å². The number of β-amino-alcohol motifs (C(OH)–C–C–N with tert-alkyl or cyclic N) is 2. The summed E-state index contributed by atoms with van der Waals surface area (Å²) in [5.41, 5.74) is 1.77. The maximum absolute atomic E-state index is 11.3. The van der Waals surface area contributed by atoms with Gasteiger partial charge in [-0.2, -0.15) is 0 Å². The van der Waals surface area contributed by atoms with E-state index >= 15 is 0 Å². The minimum Gasteiger partial charge on any atom is -0.490 e. The summed E-state index contributed by atoms with van der Waals surface area (Å²) in [4.78, 5) is 4.48. The third-order valence-electron chi connectivity index (χ3n) is 6.55. The molecule has 2 saturated heterocycles. The molecule has 0 unspecified atom stereocenters. The van der Waals surface area contributed by atoms with Gasteiger partial charge in [0.05, 0.1) is 18.8 Å². The van der Waals surface area contributed by atoms with Crippen LogP contribution < -0.4 is 9.64 Å². The molecule has 0 saturated carbocycles. The summed E-state index contributed by atoms with van der Waals surface area (Å²) in [6.45, 7) is 8.36. The van der Waals surface area contributed by atoms with E-state index in [9.17, 15) is 10.2 Å². The van der Waals surface area contributed by atoms with Crippen LogP contribution in [0.3, 0.4) is 0 Å². The number of benzene rings is 2. The van der Waals surface area contributed by atoms with Crippen LogP contribution in [0.1, 0.15) is 24.0 Å². The number of aliphatic hydroxyl groups is 2. The Morgan fingerprint density at radius 2 is 1.69 bits per heavy atom. The van der Waals surface area contributed by atoms with E-state index in [1.807, 2.05) is 31.2 Å². The Morgan fingerprint density at radius 1 is 0.938 bits per heavy atom. The number of nitrogens with zero attached hydrogens (tertiary/aromatic N) is 2. The topological polar surface area (TPSA) is 65.4 Å². The Bertz CT molecular complexity index is 880. The zero-order valence-electron chi connectivity index (χ0n) is 19.3. The predicted octanol–water partition coefficient (Wildman–Crippen LogP) is 2.78. The van der Waals surface area contributed by atoms with Gasteiger partial charge in [0.1, 0.15) is 18.0 Å². The lowest BCUT2D eigenvalue weighted by molar-refractivity contribution is -0.0742. The standard InChI is InChI=1S/C26H36N2O4/c1-21-6-8-24(9-7-21)32-20-26(30)18-27(14-15-31-19-26)17-25(29)10-12-28(13-11-25)23-5-3-4-22(2)16-23/h3-9,16,29-30H,10-15,17-20H2,1-2H3/t26-/m0/s1. The van der Waals surface area contributed by atoms with E-state index in [-0.39, 0.29) is 13.2 Å². The molecule has 2 aliphatic rings. The van der Waals surface area contributed by atoms with Gasteiger partial charge in [-0.1, -0.05) is 29.8 Å². The first-order valence-electron chi connectivity index (χ1n) is 11.6. The smallest absolute Gasteiger partial charge is 0.134 e. The molecule has 32 heavy (non-hydrogen) atoms. The van der Waals surface area contributed by atoms with Crippen molar-refractivity contribution in [1.82, 2.24) is 4.90 Å². The molecule has 2 heterocycles. The summed E-state index contributed by atoms with van der Waals surface area (Å²) in [6, 6.07) is 16.3. The number of rotatable bonds is 6. The number of anilines is 1. The Hall–Kier alpha value is -2.12. The molecule has 0 aliphatic carbocycles. The van der Waals surface area contributed by atoms with Crippen molar-refractivity contribution < 1.29 is 19.7 Å². The fourth-order valence-electron chi connectivity index (χ4n) is 4.65. The van der Waals surface area contributed by atoms with Crippen molar-refractivity contribution in [3.8, 4) is 5.75 Å². The van der Waals surface area contributed by atoms with E-state index < -0.39 is 11.2 Å². The fraction of sp³-hybridized carbons (Fsp3) is 0.538. The number of aryl methyl sites for hydroxylation is 2. The van der Waals surface area contributed by atoms with Crippen molar-refractivity contribution >= 4 is 5.69 Å². The molecule has 0 aromatic heterocycles. The maximum atomic E-state index is 11.3. The van der Waals surface area contributed by atoms with Gasteiger partial charge in [0, 0.05) is 38.4 Å². The highest BCUT2D eigenvalue weighted by Gasteiger charge is 2.39. The van der Waals surface area contributed by atoms with Gasteiger partial charge >= 0.3 is 0 Å². The molecule has 4 rings (SSSR count). The molecule has 2 aliphatic heterocycles. The lowest BCUT2D eigenvalue weighted by Crippen LogP contribution is -2.55. The summed E-state index contributed by atoms with van der Waals surface area (Å²) < 4.78 is 11.6. The molecule has 174 valence electrons. The zero-order chi connectivity index (χ0) is 22.6. The Kier molecular flexibility index (Phi) is 7.05. The number of piperidine rings is 1. The van der Waals surface area contributed by atoms with Gasteiger partial charge in [0.2, 0.25) is 0 Å². The van der Waals surface area contributed by atoms with Crippen LogP contribution in [0, 0.1) is 13.8 Å². The van der Waals surface area contributed by atoms with Crippen molar-refractivity contribution in [1.29, 1.82) is 0 Å². The van der Waals surface area contributed by atoms with Crippen molar-refractivity contribution in [2.45, 2.75) is 37.9 Å². The van der Waals surface area contributed by atoms with E-state index in [0.717, 1.165) is 18.8 Å². The van der Waals surface area contributed by atoms with Crippen LogP contribution in [0.25, 0.3) is 0 Å². The van der Waals surface area contributed by atoms with Gasteiger partial charge in [-0.3, -0.25) is 4.90 Å². The van der Waals surface area contributed by atoms with Gasteiger partial charge < -0.3 is 24.6 Å². The minimum atomic E-state index is -1.11. The summed E-state index contributed by atoms with van der Waals surface area (Å²) >= 11 is 0. The summed E-state index contributed by atoms with van der Waals surface area (Å²) in [5.74, 6) is 0.738. The zero-order valence-corrected chi connectivity index (χ0v) is 19.3. The van der Waals surface area contributed by atoms with E-state index in [0.29, 0.717) is 39.1 Å². The van der Waals surface area contributed by atoms with Crippen LogP contribution in [0.4, 0.5) is 5.69 Å². The molecule has 6 nitrogen and oxygen atoms in total. The lowest BCUT2D eigenvalue weighted by Gasteiger charge is -2.42. The predicted molar refractivity (Wildman–Crippen MR) is 126 cm³/mol. The second-order valence-electron chi connectivity index (χ2n) is 9.64. The fourth-order valence-corrected chi connectivity index (χ4v) is 4.65. The summed E-state index contributed by atoms with van der Waals surface area (Å²) in [6.07, 6.45) is 1.41. The average molecular weight is 441 g/mol. The van der Waals surface area contributed by atoms with Crippen molar-refractivity contribution in [3.05, 3.63) is 59.7 Å². The summed E-state index contributed by atoms with van der Waals surface area (Å²) in [7, 11) is 0. The largest absolute Gasteiger partial charge is 0.490 e. The highest BCUT2D eigenvalue weighted by Crippen LogP contribution is 2.28. The third kappa shape index (κ3) is 6.01. The second kappa shape index (κ2) is 9.79. The number of ether oxygens (including phenoxy) is 2. The van der Waals surface area contributed by atoms with E-state index in [1.54, 1.807) is 0 Å². The van der Waals surface area contributed by atoms with Gasteiger partial charge in [-0.25, -0.2) is 0 Å². The number of hydrogen-bond acceptors (Lipinski definition) is 6. The molecule has 0 radical (unpaired) electrons. The van der Waals surface area contributed by atoms with Crippen LogP contribution in [-0.2, 0) is 4.74 Å². The molecule has 0 amide bonds. The molecular formula is C26H36N2O4. The molecule has 2 fully saturated rings. The minimum absolute atomic E-state index is 0.159. The monoisotopic (exact) mass is 440 g/mol. The molecule has 2 aromatic rings. The Morgan fingerprint density at radius 3 is 2.41 bits per heavy atom. The second-order valence-corrected chi connectivity index (χ2v) is 9.64. The van der Waals surface area contributed by atoms with E-state index in [4.69, 9.17) is 9.47 Å². The van der Waals surface area contributed by atoms with E-state index in [1.165, 1.54) is 16.8 Å². The van der Waals surface area contributed by atoms with Crippen molar-refractivity contribution in [2.75, 3.05) is 57.4 Å². The SMILES string of the molecule is Cc1ccc(OC[C@@]2(O)COCCN(CC3(O)CCN(c4cccc(C)c4)CC3)C2)cc1. The van der Waals surface area contributed by atoms with Crippen LogP contribution in [0.5, 0.6) is 5.75 Å². The first-order valence-corrected chi connectivity index (χ1v) is 11.6. The maximum Gasteiger partial charge on any atom is 0.134 e. The highest BCUT2D eigenvalue weighted by molar-refractivity contribution is 5.48. The molecule has 6 heteroatoms. The molecule has 2 N–H and O–H groups in total. The highest BCUT2D eigenvalue weighted by atomic mass is 16.5. The molecular weight excluding hydrogens is 404 g/mol. The average Bonchev–Trinajstić information content (AvgIpc) is 2.95. The van der Waals surface area contributed by atoms with Gasteiger partial charge in [-0.15, -0.1) is 0 Å². The van der Waals surface area contributed by atoms with Crippen molar-refractivity contribution in [3.63, 3.8) is 0 Å². The molecule has 0 bridgehead atoms. The first-order chi connectivity index (χ1) is 15.3. The number of hydrogen-bond donors (Lipinski definition) is 2. The normalized spacial score (nSPS) is 24.2. The van der Waals surface area contributed by atoms with E-state index in [2.05, 4.69) is 41.0 Å². The molecule has 1 atom stereocenters. The first kappa shape index (κ1) is 23.1. The van der Waals surface area contributed by atoms with Crippen LogP contribution in [0.2, 0.25) is 0 Å². The molecule has 2 aromatic carbocycles. The quantitative estimate of drug-likeness (QED) is 0.720. The van der Waals surface area contributed by atoms with Crippen LogP contribution >= 0.6 is 0 Å². The Labute approximate surface area is 191 Å². The van der Waals surface area contributed by atoms with Gasteiger partial charge in [0.15, 0.2) is 0 Å². The third-order valence-corrected chi connectivity index (χ3v) is 6.55. The van der Waals surface area contributed by atoms with Gasteiger partial charge in [0.25, 0.3) is 0 Å². The molecule has 0 spiro atoms. The lowest BCUT2D eigenvalue weighted by atomic mass is 9.90. The van der Waals surface area contributed by atoms with Crippen LogP contribution in [0.15, 0.2) is 48.5 Å². The van der Waals surface area contributed by atoms with Crippen LogP contribution in [-0.4, -0.2) is 78.9 Å².